The Morgan fingerprint density at radius 2 is 1.00 bits per heavy atom. The van der Waals surface area contributed by atoms with E-state index in [9.17, 15) is 9.59 Å². The molecule has 0 heterocycles. The summed E-state index contributed by atoms with van der Waals surface area (Å²) in [5.74, 6) is 0.517. The first-order valence-corrected chi connectivity index (χ1v) is 19.6. The molecule has 0 aromatic rings. The van der Waals surface area contributed by atoms with Crippen LogP contribution in [0, 0.1) is 5.92 Å². The number of unbranched alkanes of at least 4 members (excludes halogenated alkanes) is 15. The van der Waals surface area contributed by atoms with Gasteiger partial charge in [-0.25, -0.2) is 0 Å². The maximum atomic E-state index is 12.6. The summed E-state index contributed by atoms with van der Waals surface area (Å²) >= 11 is 0. The summed E-state index contributed by atoms with van der Waals surface area (Å²) in [7, 11) is 0. The second kappa shape index (κ2) is 33.3. The Labute approximate surface area is 275 Å². The fraction of sp³-hybridized carbons (Fsp3) is 0.949. The first-order valence-electron chi connectivity index (χ1n) is 19.6. The van der Waals surface area contributed by atoms with Crippen LogP contribution in [0.15, 0.2) is 0 Å². The van der Waals surface area contributed by atoms with Crippen molar-refractivity contribution >= 4 is 11.9 Å². The lowest BCUT2D eigenvalue weighted by atomic mass is 9.92. The van der Waals surface area contributed by atoms with Crippen LogP contribution in [0.2, 0.25) is 0 Å². The predicted molar refractivity (Wildman–Crippen MR) is 189 cm³/mol. The number of esters is 2. The smallest absolute Gasteiger partial charge is 0.306 e. The Morgan fingerprint density at radius 3 is 1.55 bits per heavy atom. The number of hydrogen-bond donors (Lipinski definition) is 0. The van der Waals surface area contributed by atoms with Crippen LogP contribution in [0.4, 0.5) is 0 Å². The minimum absolute atomic E-state index is 0.00307. The molecule has 5 heteroatoms. The molecule has 0 rings (SSSR count). The average molecular weight is 624 g/mol. The van der Waals surface area contributed by atoms with Crippen molar-refractivity contribution in [3.63, 3.8) is 0 Å². The van der Waals surface area contributed by atoms with Gasteiger partial charge in [-0.3, -0.25) is 9.59 Å². The Bertz CT molecular complexity index is 611. The third-order valence-electron chi connectivity index (χ3n) is 9.25. The third-order valence-corrected chi connectivity index (χ3v) is 9.25. The molecule has 1 atom stereocenters. The lowest BCUT2D eigenvalue weighted by molar-refractivity contribution is -0.150. The molecule has 0 bridgehead atoms. The number of nitrogens with zero attached hydrogens (tertiary/aromatic N) is 1. The Kier molecular flexibility index (Phi) is 32.4. The van der Waals surface area contributed by atoms with Gasteiger partial charge >= 0.3 is 11.9 Å². The second-order valence-corrected chi connectivity index (χ2v) is 13.3. The summed E-state index contributed by atoms with van der Waals surface area (Å²) in [6.45, 7) is 14.9. The van der Waals surface area contributed by atoms with Crippen molar-refractivity contribution in [2.24, 2.45) is 5.92 Å². The van der Waals surface area contributed by atoms with E-state index in [1.165, 1.54) is 109 Å². The Hall–Kier alpha value is -1.10. The van der Waals surface area contributed by atoms with E-state index in [2.05, 4.69) is 39.5 Å². The number of rotatable bonds is 34. The molecule has 262 valence electrons. The van der Waals surface area contributed by atoms with Gasteiger partial charge in [0, 0.05) is 12.8 Å². The molecule has 0 amide bonds. The molecule has 0 aromatic carbocycles. The highest BCUT2D eigenvalue weighted by Crippen LogP contribution is 2.22. The molecule has 1 unspecified atom stereocenters. The van der Waals surface area contributed by atoms with Gasteiger partial charge in [0.2, 0.25) is 0 Å². The van der Waals surface area contributed by atoms with E-state index >= 15 is 0 Å². The van der Waals surface area contributed by atoms with E-state index in [0.29, 0.717) is 25.4 Å². The van der Waals surface area contributed by atoms with Crippen molar-refractivity contribution in [3.8, 4) is 0 Å². The third kappa shape index (κ3) is 28.4. The topological polar surface area (TPSA) is 55.8 Å². The second-order valence-electron chi connectivity index (χ2n) is 13.3. The molecule has 0 aliphatic rings. The van der Waals surface area contributed by atoms with Crippen LogP contribution >= 0.6 is 0 Å². The zero-order valence-electron chi connectivity index (χ0n) is 30.4. The van der Waals surface area contributed by atoms with E-state index in [1.807, 2.05) is 0 Å². The van der Waals surface area contributed by atoms with E-state index in [-0.39, 0.29) is 18.0 Å². The van der Waals surface area contributed by atoms with Crippen molar-refractivity contribution in [2.45, 2.75) is 208 Å². The Balaban J connectivity index is 4.20. The van der Waals surface area contributed by atoms with Gasteiger partial charge in [-0.05, 0) is 83.3 Å². The molecule has 5 nitrogen and oxygen atoms in total. The van der Waals surface area contributed by atoms with Crippen LogP contribution in [0.25, 0.3) is 0 Å². The number of carbonyl (C=O) groups excluding carboxylic acids is 2. The van der Waals surface area contributed by atoms with Gasteiger partial charge in [0.15, 0.2) is 0 Å². The predicted octanol–water partition coefficient (Wildman–Crippen LogP) is 11.6. The monoisotopic (exact) mass is 624 g/mol. The number of ether oxygens (including phenoxy) is 2. The standard InChI is InChI=1S/C39H77NO4/c1-6-11-14-15-18-23-30-37(44-38(41)32-25-26-33-40(9-4)10-5)31-24-19-16-17-20-27-34-43-39(42)35-36(28-21-12-7-2)29-22-13-8-3/h36-37H,6-35H2,1-5H3. The summed E-state index contributed by atoms with van der Waals surface area (Å²) in [6, 6.07) is 0. The summed E-state index contributed by atoms with van der Waals surface area (Å²) in [5.41, 5.74) is 0. The van der Waals surface area contributed by atoms with Crippen LogP contribution < -0.4 is 0 Å². The fourth-order valence-electron chi connectivity index (χ4n) is 6.18. The molecule has 44 heavy (non-hydrogen) atoms. The Morgan fingerprint density at radius 1 is 0.523 bits per heavy atom. The first kappa shape index (κ1) is 42.9. The SMILES string of the molecule is CCCCCCCCC(CCCCCCCCOC(=O)CC(CCCCC)CCCCC)OC(=O)CCCCN(CC)CC. The summed E-state index contributed by atoms with van der Waals surface area (Å²) in [5, 5.41) is 0. The maximum Gasteiger partial charge on any atom is 0.306 e. The summed E-state index contributed by atoms with van der Waals surface area (Å²) < 4.78 is 11.6. The minimum Gasteiger partial charge on any atom is -0.466 e. The highest BCUT2D eigenvalue weighted by atomic mass is 16.5. The van der Waals surface area contributed by atoms with Crippen molar-refractivity contribution < 1.29 is 19.1 Å². The lowest BCUT2D eigenvalue weighted by Gasteiger charge is -2.19. The van der Waals surface area contributed by atoms with E-state index < -0.39 is 0 Å². The molecule has 0 N–H and O–H groups in total. The van der Waals surface area contributed by atoms with Gasteiger partial charge in [-0.15, -0.1) is 0 Å². The molecule has 0 saturated heterocycles. The zero-order valence-corrected chi connectivity index (χ0v) is 30.4. The van der Waals surface area contributed by atoms with E-state index in [4.69, 9.17) is 9.47 Å². The lowest BCUT2D eigenvalue weighted by Crippen LogP contribution is -2.24. The van der Waals surface area contributed by atoms with E-state index in [0.717, 1.165) is 64.6 Å². The van der Waals surface area contributed by atoms with Crippen molar-refractivity contribution in [1.82, 2.24) is 4.90 Å². The number of carbonyl (C=O) groups is 2. The highest BCUT2D eigenvalue weighted by Gasteiger charge is 2.16. The van der Waals surface area contributed by atoms with Gasteiger partial charge in [0.25, 0.3) is 0 Å². The molecule has 0 radical (unpaired) electrons. The largest absolute Gasteiger partial charge is 0.466 e. The van der Waals surface area contributed by atoms with Crippen molar-refractivity contribution in [3.05, 3.63) is 0 Å². The summed E-state index contributed by atoms with van der Waals surface area (Å²) in [4.78, 5) is 27.5. The van der Waals surface area contributed by atoms with Gasteiger partial charge < -0.3 is 14.4 Å². The van der Waals surface area contributed by atoms with Gasteiger partial charge in [-0.2, -0.15) is 0 Å². The minimum atomic E-state index is 0.00307. The molecule has 0 aliphatic carbocycles. The maximum absolute atomic E-state index is 12.6. The molecule has 0 fully saturated rings. The fourth-order valence-corrected chi connectivity index (χ4v) is 6.18. The highest BCUT2D eigenvalue weighted by molar-refractivity contribution is 5.69. The molecular formula is C39H77NO4. The first-order chi connectivity index (χ1) is 21.5. The zero-order chi connectivity index (χ0) is 32.5. The van der Waals surface area contributed by atoms with Crippen LogP contribution in [0.5, 0.6) is 0 Å². The normalized spacial score (nSPS) is 12.2. The molecule has 0 saturated carbocycles. The van der Waals surface area contributed by atoms with Crippen molar-refractivity contribution in [1.29, 1.82) is 0 Å². The van der Waals surface area contributed by atoms with E-state index in [1.54, 1.807) is 0 Å². The quantitative estimate of drug-likeness (QED) is 0.0527. The van der Waals surface area contributed by atoms with Crippen molar-refractivity contribution in [2.75, 3.05) is 26.2 Å². The van der Waals surface area contributed by atoms with Crippen LogP contribution in [-0.2, 0) is 19.1 Å². The molecular weight excluding hydrogens is 546 g/mol. The molecule has 0 aromatic heterocycles. The molecule has 0 spiro atoms. The number of hydrogen-bond acceptors (Lipinski definition) is 5. The van der Waals surface area contributed by atoms with Gasteiger partial charge in [0.05, 0.1) is 6.61 Å². The molecule has 0 aliphatic heterocycles. The average Bonchev–Trinajstić information content (AvgIpc) is 3.01. The van der Waals surface area contributed by atoms with Crippen LogP contribution in [-0.4, -0.2) is 49.2 Å². The summed E-state index contributed by atoms with van der Waals surface area (Å²) in [6.07, 6.45) is 29.5. The van der Waals surface area contributed by atoms with Crippen LogP contribution in [0.3, 0.4) is 0 Å². The van der Waals surface area contributed by atoms with Gasteiger partial charge in [0.1, 0.15) is 6.10 Å². The van der Waals surface area contributed by atoms with Gasteiger partial charge in [-0.1, -0.05) is 131 Å². The van der Waals surface area contributed by atoms with Crippen LogP contribution in [0.1, 0.15) is 202 Å².